The van der Waals surface area contributed by atoms with Gasteiger partial charge in [-0.2, -0.15) is 0 Å². The zero-order chi connectivity index (χ0) is 13.2. The van der Waals surface area contributed by atoms with Crippen molar-refractivity contribution in [2.75, 3.05) is 46.4 Å². The van der Waals surface area contributed by atoms with Crippen LogP contribution in [0.15, 0.2) is 0 Å². The van der Waals surface area contributed by atoms with Gasteiger partial charge in [0.25, 0.3) is 0 Å². The molecule has 3 unspecified atom stereocenters. The maximum absolute atomic E-state index is 5.95. The summed E-state index contributed by atoms with van der Waals surface area (Å²) in [5.41, 5.74) is 0. The number of likely N-dealkylation sites (N-methyl/N-ethyl adjacent to an activating group) is 1. The normalized spacial score (nSPS) is 38.5. The Bertz CT molecular complexity index is 295. The van der Waals surface area contributed by atoms with Gasteiger partial charge in [0.05, 0.1) is 12.7 Å². The monoisotopic (exact) mass is 267 g/mol. The predicted molar refractivity (Wildman–Crippen MR) is 77.4 cm³/mol. The molecule has 0 aromatic rings. The number of ether oxygens (including phenoxy) is 1. The average Bonchev–Trinajstić information content (AvgIpc) is 3.23. The molecule has 3 atom stereocenters. The molecule has 2 saturated heterocycles. The molecule has 19 heavy (non-hydrogen) atoms. The van der Waals surface area contributed by atoms with E-state index in [0.29, 0.717) is 12.1 Å². The maximum Gasteiger partial charge on any atom is 0.0829 e. The second-order valence-electron chi connectivity index (χ2n) is 6.62. The fourth-order valence-electron chi connectivity index (χ4n) is 3.56. The number of hydrogen-bond donors (Lipinski definition) is 1. The summed E-state index contributed by atoms with van der Waals surface area (Å²) in [6, 6.07) is 1.44. The van der Waals surface area contributed by atoms with Crippen LogP contribution >= 0.6 is 0 Å². The van der Waals surface area contributed by atoms with Crippen LogP contribution in [0.5, 0.6) is 0 Å². The van der Waals surface area contributed by atoms with Gasteiger partial charge in [-0.15, -0.1) is 0 Å². The Morgan fingerprint density at radius 2 is 2.11 bits per heavy atom. The van der Waals surface area contributed by atoms with Crippen molar-refractivity contribution in [3.63, 3.8) is 0 Å². The van der Waals surface area contributed by atoms with Crippen molar-refractivity contribution >= 4 is 0 Å². The number of piperazine rings is 1. The van der Waals surface area contributed by atoms with Crippen LogP contribution in [-0.4, -0.2) is 74.4 Å². The van der Waals surface area contributed by atoms with Gasteiger partial charge in [0, 0.05) is 44.8 Å². The van der Waals surface area contributed by atoms with E-state index in [9.17, 15) is 0 Å². The van der Waals surface area contributed by atoms with Gasteiger partial charge in [-0.25, -0.2) is 0 Å². The average molecular weight is 267 g/mol. The first-order chi connectivity index (χ1) is 9.26. The summed E-state index contributed by atoms with van der Waals surface area (Å²) in [7, 11) is 2.21. The molecule has 0 aromatic carbocycles. The lowest BCUT2D eigenvalue weighted by Gasteiger charge is -2.43. The second-order valence-corrected chi connectivity index (χ2v) is 6.62. The summed E-state index contributed by atoms with van der Waals surface area (Å²) in [4.78, 5) is 5.10. The Morgan fingerprint density at radius 1 is 1.26 bits per heavy atom. The molecule has 3 rings (SSSR count). The van der Waals surface area contributed by atoms with Gasteiger partial charge in [-0.1, -0.05) is 6.92 Å². The van der Waals surface area contributed by atoms with Gasteiger partial charge >= 0.3 is 0 Å². The van der Waals surface area contributed by atoms with E-state index >= 15 is 0 Å². The van der Waals surface area contributed by atoms with Gasteiger partial charge in [0.1, 0.15) is 0 Å². The topological polar surface area (TPSA) is 27.7 Å². The fraction of sp³-hybridized carbons (Fsp3) is 1.00. The van der Waals surface area contributed by atoms with E-state index < -0.39 is 0 Å². The summed E-state index contributed by atoms with van der Waals surface area (Å²) in [5.74, 6) is 0.954. The third kappa shape index (κ3) is 3.48. The first-order valence-corrected chi connectivity index (χ1v) is 8.04. The van der Waals surface area contributed by atoms with E-state index in [2.05, 4.69) is 29.1 Å². The zero-order valence-corrected chi connectivity index (χ0v) is 12.5. The smallest absolute Gasteiger partial charge is 0.0829 e. The Balaban J connectivity index is 1.55. The molecule has 0 radical (unpaired) electrons. The highest BCUT2D eigenvalue weighted by Gasteiger charge is 2.37. The quantitative estimate of drug-likeness (QED) is 0.815. The number of nitrogens with one attached hydrogen (secondary N) is 1. The lowest BCUT2D eigenvalue weighted by Crippen LogP contribution is -2.59. The molecular formula is C15H29N3O. The third-order valence-electron chi connectivity index (χ3n) is 5.01. The van der Waals surface area contributed by atoms with Crippen molar-refractivity contribution in [1.29, 1.82) is 0 Å². The van der Waals surface area contributed by atoms with Gasteiger partial charge in [-0.05, 0) is 32.2 Å². The molecule has 2 heterocycles. The molecule has 3 fully saturated rings. The highest BCUT2D eigenvalue weighted by molar-refractivity contribution is 4.95. The van der Waals surface area contributed by atoms with Crippen molar-refractivity contribution in [3.8, 4) is 0 Å². The molecule has 110 valence electrons. The van der Waals surface area contributed by atoms with Gasteiger partial charge in [-0.3, -0.25) is 4.90 Å². The van der Waals surface area contributed by atoms with E-state index in [1.165, 1.54) is 32.4 Å². The van der Waals surface area contributed by atoms with E-state index in [1.54, 1.807) is 0 Å². The van der Waals surface area contributed by atoms with Crippen molar-refractivity contribution in [3.05, 3.63) is 0 Å². The largest absolute Gasteiger partial charge is 0.374 e. The Kier molecular flexibility index (Phi) is 4.42. The van der Waals surface area contributed by atoms with Crippen LogP contribution in [0.3, 0.4) is 0 Å². The minimum absolute atomic E-state index is 0.408. The highest BCUT2D eigenvalue weighted by atomic mass is 16.5. The Hall–Kier alpha value is -0.160. The minimum Gasteiger partial charge on any atom is -0.374 e. The molecule has 3 aliphatic rings. The van der Waals surface area contributed by atoms with Crippen LogP contribution in [-0.2, 0) is 4.74 Å². The number of nitrogens with zero attached hydrogens (tertiary/aromatic N) is 2. The summed E-state index contributed by atoms with van der Waals surface area (Å²) in [6.45, 7) is 8.90. The van der Waals surface area contributed by atoms with Crippen molar-refractivity contribution < 1.29 is 4.74 Å². The predicted octanol–water partition coefficient (Wildman–Crippen LogP) is 0.779. The van der Waals surface area contributed by atoms with Crippen molar-refractivity contribution in [2.24, 2.45) is 5.92 Å². The van der Waals surface area contributed by atoms with E-state index in [-0.39, 0.29) is 0 Å². The molecule has 0 bridgehead atoms. The Labute approximate surface area is 117 Å². The number of morpholine rings is 1. The fourth-order valence-corrected chi connectivity index (χ4v) is 3.56. The van der Waals surface area contributed by atoms with Crippen LogP contribution in [0.25, 0.3) is 0 Å². The van der Waals surface area contributed by atoms with Crippen LogP contribution in [0.4, 0.5) is 0 Å². The molecule has 1 aliphatic carbocycles. The molecule has 1 saturated carbocycles. The van der Waals surface area contributed by atoms with Gasteiger partial charge in [0.2, 0.25) is 0 Å². The van der Waals surface area contributed by atoms with Gasteiger partial charge < -0.3 is 15.0 Å². The van der Waals surface area contributed by atoms with Gasteiger partial charge in [0.15, 0.2) is 0 Å². The Morgan fingerprint density at radius 3 is 2.79 bits per heavy atom. The minimum atomic E-state index is 0.408. The SMILES string of the molecule is CCC1CNC(C2CC2)CN1CC1CN(C)CCO1. The third-order valence-corrected chi connectivity index (χ3v) is 5.01. The molecule has 0 aromatic heterocycles. The molecular weight excluding hydrogens is 238 g/mol. The lowest BCUT2D eigenvalue weighted by atomic mass is 10.0. The molecule has 2 aliphatic heterocycles. The summed E-state index contributed by atoms with van der Waals surface area (Å²) < 4.78 is 5.95. The second kappa shape index (κ2) is 6.08. The summed E-state index contributed by atoms with van der Waals surface area (Å²) in [6.07, 6.45) is 4.52. The van der Waals surface area contributed by atoms with E-state index in [0.717, 1.165) is 38.2 Å². The van der Waals surface area contributed by atoms with Crippen LogP contribution < -0.4 is 5.32 Å². The van der Waals surface area contributed by atoms with Crippen molar-refractivity contribution in [1.82, 2.24) is 15.1 Å². The molecule has 4 heteroatoms. The summed E-state index contributed by atoms with van der Waals surface area (Å²) >= 11 is 0. The van der Waals surface area contributed by atoms with Crippen LogP contribution in [0.1, 0.15) is 26.2 Å². The number of rotatable bonds is 4. The first kappa shape index (κ1) is 13.8. The maximum atomic E-state index is 5.95. The number of hydrogen-bond acceptors (Lipinski definition) is 4. The molecule has 4 nitrogen and oxygen atoms in total. The summed E-state index contributed by atoms with van der Waals surface area (Å²) in [5, 5.41) is 3.77. The first-order valence-electron chi connectivity index (χ1n) is 8.04. The van der Waals surface area contributed by atoms with E-state index in [1.807, 2.05) is 0 Å². The molecule has 0 amide bonds. The highest BCUT2D eigenvalue weighted by Crippen LogP contribution is 2.34. The van der Waals surface area contributed by atoms with E-state index in [4.69, 9.17) is 4.74 Å². The van der Waals surface area contributed by atoms with Crippen LogP contribution in [0.2, 0.25) is 0 Å². The molecule has 1 N–H and O–H groups in total. The van der Waals surface area contributed by atoms with Crippen LogP contribution in [0, 0.1) is 5.92 Å². The van der Waals surface area contributed by atoms with Crippen molar-refractivity contribution in [2.45, 2.75) is 44.4 Å². The molecule has 0 spiro atoms. The zero-order valence-electron chi connectivity index (χ0n) is 12.5. The standard InChI is InChI=1S/C15H29N3O/c1-3-13-8-16-15(12-4-5-12)11-18(13)10-14-9-17(2)6-7-19-14/h12-16H,3-11H2,1-2H3. The lowest BCUT2D eigenvalue weighted by molar-refractivity contribution is -0.0473.